The highest BCUT2D eigenvalue weighted by atomic mass is 35.5. The molecular weight excluding hydrogens is 351 g/mol. The number of nitrogens with one attached hydrogen (secondary N) is 1. The third-order valence-corrected chi connectivity index (χ3v) is 4.44. The van der Waals surface area contributed by atoms with E-state index in [-0.39, 0.29) is 18.3 Å². The highest BCUT2D eigenvalue weighted by molar-refractivity contribution is 6.30. The van der Waals surface area contributed by atoms with Crippen LogP contribution in [0.15, 0.2) is 73.1 Å². The summed E-state index contributed by atoms with van der Waals surface area (Å²) in [6.45, 7) is 0.145. The zero-order valence-electron chi connectivity index (χ0n) is 14.0. The summed E-state index contributed by atoms with van der Waals surface area (Å²) in [5.74, 6) is -0.890. The van der Waals surface area contributed by atoms with Gasteiger partial charge in [-0.25, -0.2) is 4.39 Å². The summed E-state index contributed by atoms with van der Waals surface area (Å²) in [6, 6.07) is 17.4. The van der Waals surface area contributed by atoms with Crippen LogP contribution in [0.5, 0.6) is 0 Å². The van der Waals surface area contributed by atoms with E-state index in [2.05, 4.69) is 10.3 Å². The van der Waals surface area contributed by atoms with Crippen LogP contribution in [0.4, 0.5) is 4.39 Å². The molecule has 1 unspecified atom stereocenters. The minimum absolute atomic E-state index is 0.145. The molecule has 0 aliphatic heterocycles. The van der Waals surface area contributed by atoms with Crippen LogP contribution in [0, 0.1) is 5.82 Å². The maximum atomic E-state index is 13.8. The van der Waals surface area contributed by atoms with Crippen molar-refractivity contribution < 1.29 is 9.18 Å². The van der Waals surface area contributed by atoms with Gasteiger partial charge >= 0.3 is 0 Å². The summed E-state index contributed by atoms with van der Waals surface area (Å²) in [6.07, 6.45) is 3.92. The number of carbonyl (C=O) groups excluding carboxylic acids is 1. The van der Waals surface area contributed by atoms with Crippen molar-refractivity contribution in [1.82, 2.24) is 10.3 Å². The molecule has 1 amide bonds. The normalized spacial score (nSPS) is 11.8. The van der Waals surface area contributed by atoms with Crippen molar-refractivity contribution in [1.29, 1.82) is 0 Å². The highest BCUT2D eigenvalue weighted by Crippen LogP contribution is 2.23. The van der Waals surface area contributed by atoms with Crippen LogP contribution in [0.25, 0.3) is 0 Å². The second-order valence-corrected chi connectivity index (χ2v) is 6.41. The lowest BCUT2D eigenvalue weighted by Gasteiger charge is -2.18. The largest absolute Gasteiger partial charge is 0.351 e. The van der Waals surface area contributed by atoms with E-state index in [0.717, 1.165) is 11.1 Å². The SMILES string of the molecule is O=C(NCc1ccccc1F)C(Cc1ccncc1)c1ccc(Cl)cc1. The number of nitrogens with zero attached hydrogens (tertiary/aromatic N) is 1. The van der Waals surface area contributed by atoms with E-state index in [1.54, 1.807) is 42.7 Å². The number of rotatable bonds is 6. The Morgan fingerprint density at radius 3 is 2.42 bits per heavy atom. The molecule has 26 heavy (non-hydrogen) atoms. The lowest BCUT2D eigenvalue weighted by molar-refractivity contribution is -0.122. The number of halogens is 2. The zero-order chi connectivity index (χ0) is 18.4. The van der Waals surface area contributed by atoms with Crippen molar-refractivity contribution in [3.63, 3.8) is 0 Å². The Morgan fingerprint density at radius 2 is 1.73 bits per heavy atom. The van der Waals surface area contributed by atoms with E-state index < -0.39 is 5.92 Å². The van der Waals surface area contributed by atoms with Crippen LogP contribution in [-0.4, -0.2) is 10.9 Å². The molecule has 0 saturated heterocycles. The van der Waals surface area contributed by atoms with Crippen molar-refractivity contribution in [3.05, 3.63) is 101 Å². The number of amides is 1. The summed E-state index contributed by atoms with van der Waals surface area (Å²) >= 11 is 5.96. The number of benzene rings is 2. The molecule has 1 heterocycles. The summed E-state index contributed by atoms with van der Waals surface area (Å²) in [4.78, 5) is 16.8. The van der Waals surface area contributed by atoms with Crippen molar-refractivity contribution >= 4 is 17.5 Å². The second-order valence-electron chi connectivity index (χ2n) is 5.97. The molecule has 5 heteroatoms. The van der Waals surface area contributed by atoms with E-state index in [1.807, 2.05) is 24.3 Å². The highest BCUT2D eigenvalue weighted by Gasteiger charge is 2.21. The molecule has 3 aromatic rings. The Balaban J connectivity index is 1.78. The fourth-order valence-corrected chi connectivity index (χ4v) is 2.88. The Morgan fingerprint density at radius 1 is 1.04 bits per heavy atom. The van der Waals surface area contributed by atoms with Gasteiger partial charge in [0.25, 0.3) is 0 Å². The molecule has 0 bridgehead atoms. The third kappa shape index (κ3) is 4.67. The molecule has 2 aromatic carbocycles. The molecule has 3 rings (SSSR count). The average molecular weight is 369 g/mol. The van der Waals surface area contributed by atoms with Gasteiger partial charge in [-0.1, -0.05) is 41.9 Å². The standard InChI is InChI=1S/C21H18ClFN2O/c22-18-7-5-16(6-8-18)19(13-15-9-11-24-12-10-15)21(26)25-14-17-3-1-2-4-20(17)23/h1-12,19H,13-14H2,(H,25,26). The zero-order valence-corrected chi connectivity index (χ0v) is 14.8. The number of hydrogen-bond donors (Lipinski definition) is 1. The van der Waals surface area contributed by atoms with Gasteiger partial charge in [-0.3, -0.25) is 9.78 Å². The van der Waals surface area contributed by atoms with Gasteiger partial charge in [-0.15, -0.1) is 0 Å². The van der Waals surface area contributed by atoms with Gasteiger partial charge < -0.3 is 5.32 Å². The van der Waals surface area contributed by atoms with Crippen molar-refractivity contribution in [3.8, 4) is 0 Å². The van der Waals surface area contributed by atoms with E-state index in [4.69, 9.17) is 11.6 Å². The van der Waals surface area contributed by atoms with E-state index in [1.165, 1.54) is 6.07 Å². The van der Waals surface area contributed by atoms with Crippen LogP contribution in [0.1, 0.15) is 22.6 Å². The number of aromatic nitrogens is 1. The molecule has 132 valence electrons. The van der Waals surface area contributed by atoms with E-state index >= 15 is 0 Å². The summed E-state index contributed by atoms with van der Waals surface area (Å²) in [7, 11) is 0. The van der Waals surface area contributed by atoms with Gasteiger partial charge in [0.15, 0.2) is 0 Å². The number of pyridine rings is 1. The van der Waals surface area contributed by atoms with Crippen molar-refractivity contribution in [2.24, 2.45) is 0 Å². The van der Waals surface area contributed by atoms with E-state index in [9.17, 15) is 9.18 Å². The van der Waals surface area contributed by atoms with Crippen LogP contribution in [0.3, 0.4) is 0 Å². The fraction of sp³-hybridized carbons (Fsp3) is 0.143. The third-order valence-electron chi connectivity index (χ3n) is 4.19. The molecule has 1 aromatic heterocycles. The summed E-state index contributed by atoms with van der Waals surface area (Å²) in [5.41, 5.74) is 2.32. The summed E-state index contributed by atoms with van der Waals surface area (Å²) in [5, 5.41) is 3.46. The first-order chi connectivity index (χ1) is 12.6. The fourth-order valence-electron chi connectivity index (χ4n) is 2.76. The predicted octanol–water partition coefficient (Wildman–Crippen LogP) is 4.52. The first-order valence-corrected chi connectivity index (χ1v) is 8.67. The van der Waals surface area contributed by atoms with Crippen LogP contribution in [0.2, 0.25) is 5.02 Å². The molecule has 1 N–H and O–H groups in total. The molecule has 3 nitrogen and oxygen atoms in total. The van der Waals surface area contributed by atoms with E-state index in [0.29, 0.717) is 17.0 Å². The van der Waals surface area contributed by atoms with Gasteiger partial charge in [0, 0.05) is 29.5 Å². The first-order valence-electron chi connectivity index (χ1n) is 8.29. The molecular formula is C21H18ClFN2O. The van der Waals surface area contributed by atoms with Crippen molar-refractivity contribution in [2.75, 3.05) is 0 Å². The van der Waals surface area contributed by atoms with Crippen molar-refractivity contribution in [2.45, 2.75) is 18.9 Å². The Labute approximate surface area is 156 Å². The molecule has 0 saturated carbocycles. The average Bonchev–Trinajstić information content (AvgIpc) is 2.67. The lowest BCUT2D eigenvalue weighted by Crippen LogP contribution is -2.30. The molecule has 0 spiro atoms. The van der Waals surface area contributed by atoms with Gasteiger partial charge in [0.05, 0.1) is 5.92 Å². The van der Waals surface area contributed by atoms with Crippen LogP contribution < -0.4 is 5.32 Å². The van der Waals surface area contributed by atoms with Crippen LogP contribution in [-0.2, 0) is 17.8 Å². The molecule has 0 aliphatic rings. The first kappa shape index (κ1) is 18.1. The van der Waals surface area contributed by atoms with Gasteiger partial charge in [-0.05, 0) is 47.9 Å². The van der Waals surface area contributed by atoms with Crippen LogP contribution >= 0.6 is 11.6 Å². The minimum Gasteiger partial charge on any atom is -0.351 e. The Hall–Kier alpha value is -2.72. The molecule has 1 atom stereocenters. The monoisotopic (exact) mass is 368 g/mol. The quantitative estimate of drug-likeness (QED) is 0.695. The van der Waals surface area contributed by atoms with Gasteiger partial charge in [0.2, 0.25) is 5.91 Å². The number of hydrogen-bond acceptors (Lipinski definition) is 2. The Kier molecular flexibility index (Phi) is 5.97. The van der Waals surface area contributed by atoms with Gasteiger partial charge in [0.1, 0.15) is 5.82 Å². The maximum Gasteiger partial charge on any atom is 0.228 e. The topological polar surface area (TPSA) is 42.0 Å². The molecule has 0 fully saturated rings. The molecule has 0 aliphatic carbocycles. The minimum atomic E-state index is -0.401. The maximum absolute atomic E-state index is 13.8. The second kappa shape index (κ2) is 8.59. The molecule has 0 radical (unpaired) electrons. The predicted molar refractivity (Wildman–Crippen MR) is 100 cm³/mol. The number of carbonyl (C=O) groups is 1. The Bertz CT molecular complexity index is 869. The van der Waals surface area contributed by atoms with Gasteiger partial charge in [-0.2, -0.15) is 0 Å². The smallest absolute Gasteiger partial charge is 0.228 e. The summed E-state index contributed by atoms with van der Waals surface area (Å²) < 4.78 is 13.8. The lowest BCUT2D eigenvalue weighted by atomic mass is 9.91.